The maximum Gasteiger partial charge on any atom is 0.363 e. The molecular formula is C19H16BrNO3. The first-order valence-corrected chi connectivity index (χ1v) is 8.47. The number of para-hydroxylation sites is 1. The number of aliphatic imine (C=N–C) groups is 1. The zero-order valence-corrected chi connectivity index (χ0v) is 14.7. The van der Waals surface area contributed by atoms with Gasteiger partial charge in [0.05, 0.1) is 12.2 Å². The van der Waals surface area contributed by atoms with E-state index in [1.807, 2.05) is 55.5 Å². The summed E-state index contributed by atoms with van der Waals surface area (Å²) in [4.78, 5) is 16.5. The lowest BCUT2D eigenvalue weighted by molar-refractivity contribution is -0.129. The van der Waals surface area contributed by atoms with Crippen LogP contribution in [0, 0.1) is 0 Å². The summed E-state index contributed by atoms with van der Waals surface area (Å²) in [5.41, 5.74) is 1.80. The summed E-state index contributed by atoms with van der Waals surface area (Å²) in [6.45, 7) is 2.67. The second kappa shape index (κ2) is 7.45. The van der Waals surface area contributed by atoms with Crippen molar-refractivity contribution in [2.45, 2.75) is 13.3 Å². The minimum atomic E-state index is -0.467. The van der Waals surface area contributed by atoms with E-state index in [-0.39, 0.29) is 5.70 Å². The average molecular weight is 386 g/mol. The molecule has 0 amide bonds. The van der Waals surface area contributed by atoms with Crippen molar-refractivity contribution in [1.29, 1.82) is 0 Å². The Hall–Kier alpha value is -2.40. The van der Waals surface area contributed by atoms with E-state index in [2.05, 4.69) is 20.9 Å². The fourth-order valence-corrected chi connectivity index (χ4v) is 2.70. The number of hydrogen-bond donors (Lipinski definition) is 0. The van der Waals surface area contributed by atoms with Gasteiger partial charge in [0, 0.05) is 10.0 Å². The van der Waals surface area contributed by atoms with Crippen LogP contribution in [0.15, 0.2) is 63.7 Å². The average Bonchev–Trinajstić information content (AvgIpc) is 2.95. The molecule has 0 radical (unpaired) electrons. The fourth-order valence-electron chi connectivity index (χ4n) is 2.25. The maximum absolute atomic E-state index is 12.1. The normalized spacial score (nSPS) is 15.3. The van der Waals surface area contributed by atoms with Crippen LogP contribution in [0.4, 0.5) is 0 Å². The quantitative estimate of drug-likeness (QED) is 0.558. The molecule has 0 atom stereocenters. The zero-order chi connectivity index (χ0) is 16.9. The Morgan fingerprint density at radius 2 is 1.92 bits per heavy atom. The highest BCUT2D eigenvalue weighted by Gasteiger charge is 2.25. The Kier molecular flexibility index (Phi) is 5.11. The number of benzene rings is 2. The molecule has 122 valence electrons. The molecular weight excluding hydrogens is 370 g/mol. The molecule has 0 aromatic heterocycles. The van der Waals surface area contributed by atoms with Crippen molar-refractivity contribution in [3.05, 3.63) is 69.8 Å². The zero-order valence-electron chi connectivity index (χ0n) is 13.2. The molecule has 5 heteroatoms. The Balaban J connectivity index is 1.94. The van der Waals surface area contributed by atoms with E-state index >= 15 is 0 Å². The molecule has 2 aromatic rings. The number of esters is 1. The van der Waals surface area contributed by atoms with Crippen molar-refractivity contribution in [2.24, 2.45) is 4.99 Å². The van der Waals surface area contributed by atoms with E-state index in [4.69, 9.17) is 9.47 Å². The van der Waals surface area contributed by atoms with Crippen molar-refractivity contribution in [3.8, 4) is 5.75 Å². The highest BCUT2D eigenvalue weighted by Crippen LogP contribution is 2.26. The second-order valence-corrected chi connectivity index (χ2v) is 6.06. The standard InChI is InChI=1S/C19H16BrNO3/c1-2-11-23-17-10-6-3-7-13(17)12-16-19(22)24-18(21-16)14-8-4-5-9-15(14)20/h3-10,12H,2,11H2,1H3/b16-12-. The van der Waals surface area contributed by atoms with Crippen molar-refractivity contribution in [3.63, 3.8) is 0 Å². The predicted octanol–water partition coefficient (Wildman–Crippen LogP) is 4.58. The minimum absolute atomic E-state index is 0.258. The number of nitrogens with zero attached hydrogens (tertiary/aromatic N) is 1. The van der Waals surface area contributed by atoms with Crippen LogP contribution in [-0.4, -0.2) is 18.5 Å². The number of rotatable bonds is 5. The Morgan fingerprint density at radius 3 is 2.71 bits per heavy atom. The van der Waals surface area contributed by atoms with Crippen molar-refractivity contribution in [2.75, 3.05) is 6.61 Å². The smallest absolute Gasteiger partial charge is 0.363 e. The van der Waals surface area contributed by atoms with Gasteiger partial charge in [-0.3, -0.25) is 0 Å². The Labute approximate surface area is 148 Å². The van der Waals surface area contributed by atoms with E-state index in [0.717, 1.165) is 27.8 Å². The van der Waals surface area contributed by atoms with Crippen molar-refractivity contribution in [1.82, 2.24) is 0 Å². The molecule has 1 aliphatic rings. The molecule has 0 N–H and O–H groups in total. The van der Waals surface area contributed by atoms with Gasteiger partial charge < -0.3 is 9.47 Å². The third-order valence-corrected chi connectivity index (χ3v) is 4.09. The third kappa shape index (κ3) is 3.57. The van der Waals surface area contributed by atoms with E-state index < -0.39 is 5.97 Å². The molecule has 0 aliphatic carbocycles. The molecule has 1 heterocycles. The van der Waals surface area contributed by atoms with Crippen LogP contribution in [0.5, 0.6) is 5.75 Å². The van der Waals surface area contributed by atoms with Gasteiger partial charge in [-0.15, -0.1) is 0 Å². The summed E-state index contributed by atoms with van der Waals surface area (Å²) in [6, 6.07) is 15.0. The first-order valence-electron chi connectivity index (χ1n) is 7.68. The number of carbonyl (C=O) groups is 1. The lowest BCUT2D eigenvalue weighted by Crippen LogP contribution is -2.06. The molecule has 0 saturated carbocycles. The van der Waals surface area contributed by atoms with Gasteiger partial charge in [-0.05, 0) is 46.6 Å². The molecule has 24 heavy (non-hydrogen) atoms. The van der Waals surface area contributed by atoms with Crippen LogP contribution in [0.3, 0.4) is 0 Å². The second-order valence-electron chi connectivity index (χ2n) is 5.20. The topological polar surface area (TPSA) is 47.9 Å². The highest BCUT2D eigenvalue weighted by molar-refractivity contribution is 9.10. The summed E-state index contributed by atoms with van der Waals surface area (Å²) in [5.74, 6) is 0.556. The lowest BCUT2D eigenvalue weighted by atomic mass is 10.1. The van der Waals surface area contributed by atoms with Crippen LogP contribution in [0.1, 0.15) is 24.5 Å². The summed E-state index contributed by atoms with van der Waals surface area (Å²) in [5, 5.41) is 0. The first-order chi connectivity index (χ1) is 11.7. The van der Waals surface area contributed by atoms with Crippen LogP contribution in [-0.2, 0) is 9.53 Å². The Bertz CT molecular complexity index is 827. The monoisotopic (exact) mass is 385 g/mol. The van der Waals surface area contributed by atoms with Crippen LogP contribution >= 0.6 is 15.9 Å². The van der Waals surface area contributed by atoms with Gasteiger partial charge in [-0.25, -0.2) is 9.79 Å². The molecule has 2 aromatic carbocycles. The summed E-state index contributed by atoms with van der Waals surface area (Å²) < 4.78 is 11.8. The van der Waals surface area contributed by atoms with Crippen LogP contribution in [0.2, 0.25) is 0 Å². The summed E-state index contributed by atoms with van der Waals surface area (Å²) in [6.07, 6.45) is 2.61. The lowest BCUT2D eigenvalue weighted by Gasteiger charge is -2.07. The summed E-state index contributed by atoms with van der Waals surface area (Å²) in [7, 11) is 0. The molecule has 4 nitrogen and oxygen atoms in total. The van der Waals surface area contributed by atoms with Gasteiger partial charge in [-0.1, -0.05) is 37.3 Å². The van der Waals surface area contributed by atoms with Gasteiger partial charge >= 0.3 is 5.97 Å². The number of carbonyl (C=O) groups excluding carboxylic acids is 1. The van der Waals surface area contributed by atoms with Crippen LogP contribution in [0.25, 0.3) is 6.08 Å². The van der Waals surface area contributed by atoms with Gasteiger partial charge in [0.1, 0.15) is 5.75 Å². The molecule has 0 unspecified atom stereocenters. The number of cyclic esters (lactones) is 1. The molecule has 1 aliphatic heterocycles. The van der Waals surface area contributed by atoms with Gasteiger partial charge in [0.15, 0.2) is 5.70 Å². The minimum Gasteiger partial charge on any atom is -0.493 e. The maximum atomic E-state index is 12.1. The van der Waals surface area contributed by atoms with Gasteiger partial charge in [0.25, 0.3) is 0 Å². The molecule has 0 spiro atoms. The molecule has 0 saturated heterocycles. The van der Waals surface area contributed by atoms with Gasteiger partial charge in [-0.2, -0.15) is 0 Å². The Morgan fingerprint density at radius 1 is 1.17 bits per heavy atom. The summed E-state index contributed by atoms with van der Waals surface area (Å²) >= 11 is 3.44. The molecule has 0 bridgehead atoms. The predicted molar refractivity (Wildman–Crippen MR) is 97.0 cm³/mol. The fraction of sp³-hybridized carbons (Fsp3) is 0.158. The number of ether oxygens (including phenoxy) is 2. The van der Waals surface area contributed by atoms with Crippen LogP contribution < -0.4 is 4.74 Å². The third-order valence-electron chi connectivity index (χ3n) is 3.40. The SMILES string of the molecule is CCCOc1ccccc1/C=C1\N=C(c2ccccc2Br)OC1=O. The molecule has 0 fully saturated rings. The first kappa shape index (κ1) is 16.5. The van der Waals surface area contributed by atoms with Crippen molar-refractivity contribution < 1.29 is 14.3 Å². The highest BCUT2D eigenvalue weighted by atomic mass is 79.9. The number of halogens is 1. The largest absolute Gasteiger partial charge is 0.493 e. The van der Waals surface area contributed by atoms with E-state index in [9.17, 15) is 4.79 Å². The van der Waals surface area contributed by atoms with Crippen molar-refractivity contribution >= 4 is 33.9 Å². The van der Waals surface area contributed by atoms with Gasteiger partial charge in [0.2, 0.25) is 5.90 Å². The number of hydrogen-bond acceptors (Lipinski definition) is 4. The van der Waals surface area contributed by atoms with E-state index in [1.54, 1.807) is 6.08 Å². The molecule has 3 rings (SSSR count). The van der Waals surface area contributed by atoms with E-state index in [0.29, 0.717) is 12.5 Å². The van der Waals surface area contributed by atoms with E-state index in [1.165, 1.54) is 0 Å².